The summed E-state index contributed by atoms with van der Waals surface area (Å²) in [5.41, 5.74) is 0.0207. The van der Waals surface area contributed by atoms with E-state index in [0.717, 1.165) is 0 Å². The van der Waals surface area contributed by atoms with Crippen LogP contribution in [0, 0.1) is 10.1 Å². The highest BCUT2D eigenvalue weighted by atomic mass is 16.6. The van der Waals surface area contributed by atoms with Gasteiger partial charge in [0.1, 0.15) is 12.2 Å². The van der Waals surface area contributed by atoms with Crippen molar-refractivity contribution in [2.45, 2.75) is 6.92 Å². The van der Waals surface area contributed by atoms with Crippen LogP contribution in [0.25, 0.3) is 0 Å². The van der Waals surface area contributed by atoms with Crippen LogP contribution in [0.1, 0.15) is 6.92 Å². The number of anilines is 1. The van der Waals surface area contributed by atoms with Crippen LogP contribution in [0.3, 0.4) is 0 Å². The Kier molecular flexibility index (Phi) is 4.47. The molecule has 0 aliphatic carbocycles. The van der Waals surface area contributed by atoms with Crippen LogP contribution in [0.2, 0.25) is 0 Å². The lowest BCUT2D eigenvalue weighted by atomic mass is 10.2. The van der Waals surface area contributed by atoms with Gasteiger partial charge in [0, 0.05) is 6.54 Å². The molecule has 0 aliphatic rings. The minimum atomic E-state index is -1.05. The average molecular weight is 254 g/mol. The van der Waals surface area contributed by atoms with Gasteiger partial charge in [-0.25, -0.2) is 0 Å². The third kappa shape index (κ3) is 2.88. The average Bonchev–Trinajstić information content (AvgIpc) is 2.34. The number of rotatable bonds is 6. The zero-order valence-corrected chi connectivity index (χ0v) is 10.1. The second kappa shape index (κ2) is 5.85. The van der Waals surface area contributed by atoms with E-state index in [1.54, 1.807) is 13.0 Å². The number of methoxy groups -OCH3 is 1. The van der Waals surface area contributed by atoms with Gasteiger partial charge in [-0.3, -0.25) is 14.9 Å². The van der Waals surface area contributed by atoms with Crippen LogP contribution in [-0.4, -0.2) is 36.2 Å². The monoisotopic (exact) mass is 254 g/mol. The number of carbonyl (C=O) groups is 1. The summed E-state index contributed by atoms with van der Waals surface area (Å²) in [5, 5.41) is 19.8. The quantitative estimate of drug-likeness (QED) is 0.611. The van der Waals surface area contributed by atoms with Crippen LogP contribution >= 0.6 is 0 Å². The van der Waals surface area contributed by atoms with Gasteiger partial charge in [-0.15, -0.1) is 0 Å². The Balaban J connectivity index is 3.28. The molecule has 1 N–H and O–H groups in total. The number of hydrogen-bond donors (Lipinski definition) is 1. The topological polar surface area (TPSA) is 92.9 Å². The number of likely N-dealkylation sites (N-methyl/N-ethyl adjacent to an activating group) is 1. The summed E-state index contributed by atoms with van der Waals surface area (Å²) in [5.74, 6) is -0.935. The van der Waals surface area contributed by atoms with Crippen molar-refractivity contribution in [3.63, 3.8) is 0 Å². The first-order valence-corrected chi connectivity index (χ1v) is 5.29. The number of nitro benzene ring substituents is 1. The third-order valence-corrected chi connectivity index (χ3v) is 2.43. The predicted octanol–water partition coefficient (Wildman–Crippen LogP) is 1.51. The SMILES string of the molecule is CCN(CC(=O)O)c1cccc(OC)c1[N+](=O)[O-]. The van der Waals surface area contributed by atoms with E-state index >= 15 is 0 Å². The lowest BCUT2D eigenvalue weighted by molar-refractivity contribution is -0.385. The molecular weight excluding hydrogens is 240 g/mol. The fourth-order valence-corrected chi connectivity index (χ4v) is 1.64. The van der Waals surface area contributed by atoms with E-state index in [9.17, 15) is 14.9 Å². The molecule has 7 nitrogen and oxygen atoms in total. The van der Waals surface area contributed by atoms with Gasteiger partial charge in [0.25, 0.3) is 0 Å². The van der Waals surface area contributed by atoms with Crippen molar-refractivity contribution in [2.75, 3.05) is 25.1 Å². The van der Waals surface area contributed by atoms with Crippen molar-refractivity contribution in [3.05, 3.63) is 28.3 Å². The van der Waals surface area contributed by atoms with Crippen LogP contribution in [0.5, 0.6) is 5.75 Å². The van der Waals surface area contributed by atoms with Crippen LogP contribution in [0.15, 0.2) is 18.2 Å². The molecule has 0 saturated heterocycles. The number of para-hydroxylation sites is 1. The van der Waals surface area contributed by atoms with Gasteiger partial charge in [0.15, 0.2) is 5.75 Å². The number of hydrogen-bond acceptors (Lipinski definition) is 5. The molecule has 0 spiro atoms. The number of aliphatic carboxylic acids is 1. The first-order valence-electron chi connectivity index (χ1n) is 5.29. The lowest BCUT2D eigenvalue weighted by Gasteiger charge is -2.21. The predicted molar refractivity (Wildman–Crippen MR) is 65.2 cm³/mol. The molecule has 0 bridgehead atoms. The van der Waals surface area contributed by atoms with Crippen molar-refractivity contribution in [1.29, 1.82) is 0 Å². The molecule has 0 fully saturated rings. The fourth-order valence-electron chi connectivity index (χ4n) is 1.64. The Labute approximate surface area is 104 Å². The van der Waals surface area contributed by atoms with Gasteiger partial charge >= 0.3 is 11.7 Å². The molecular formula is C11H14N2O5. The van der Waals surface area contributed by atoms with E-state index < -0.39 is 10.9 Å². The van der Waals surface area contributed by atoms with Gasteiger partial charge in [-0.05, 0) is 19.1 Å². The van der Waals surface area contributed by atoms with E-state index in [0.29, 0.717) is 6.54 Å². The Morgan fingerprint density at radius 3 is 2.67 bits per heavy atom. The summed E-state index contributed by atoms with van der Waals surface area (Å²) in [6, 6.07) is 4.56. The Morgan fingerprint density at radius 2 is 2.22 bits per heavy atom. The maximum Gasteiger partial charge on any atom is 0.333 e. The number of ether oxygens (including phenoxy) is 1. The van der Waals surface area contributed by atoms with Gasteiger partial charge < -0.3 is 14.7 Å². The summed E-state index contributed by atoms with van der Waals surface area (Å²) in [4.78, 5) is 22.6. The van der Waals surface area contributed by atoms with Gasteiger partial charge in [-0.2, -0.15) is 0 Å². The maximum absolute atomic E-state index is 11.1. The largest absolute Gasteiger partial charge is 0.490 e. The van der Waals surface area contributed by atoms with E-state index in [-0.39, 0.29) is 23.7 Å². The summed E-state index contributed by atoms with van der Waals surface area (Å²) in [6.45, 7) is 1.77. The van der Waals surface area contributed by atoms with Crippen molar-refractivity contribution in [2.24, 2.45) is 0 Å². The summed E-state index contributed by atoms with van der Waals surface area (Å²) in [7, 11) is 1.33. The second-order valence-electron chi connectivity index (χ2n) is 3.49. The molecule has 7 heteroatoms. The number of benzene rings is 1. The van der Waals surface area contributed by atoms with Gasteiger partial charge in [0.2, 0.25) is 0 Å². The molecule has 98 valence electrons. The van der Waals surface area contributed by atoms with Gasteiger partial charge in [-0.1, -0.05) is 6.07 Å². The standard InChI is InChI=1S/C11H14N2O5/c1-3-12(7-10(14)15)8-5-4-6-9(18-2)11(8)13(16)17/h4-6H,3,7H2,1-2H3,(H,14,15). The summed E-state index contributed by atoms with van der Waals surface area (Å²) in [6.07, 6.45) is 0. The number of carboxylic acids is 1. The Morgan fingerprint density at radius 1 is 1.56 bits per heavy atom. The normalized spacial score (nSPS) is 9.89. The minimum absolute atomic E-state index is 0.112. The minimum Gasteiger partial charge on any atom is -0.490 e. The van der Waals surface area contributed by atoms with Crippen molar-refractivity contribution >= 4 is 17.3 Å². The smallest absolute Gasteiger partial charge is 0.333 e. The molecule has 0 aliphatic heterocycles. The number of carboxylic acid groups (broad SMARTS) is 1. The van der Waals surface area contributed by atoms with Crippen LogP contribution in [0.4, 0.5) is 11.4 Å². The molecule has 1 aromatic carbocycles. The Hall–Kier alpha value is -2.31. The van der Waals surface area contributed by atoms with Gasteiger partial charge in [0.05, 0.1) is 12.0 Å². The zero-order valence-electron chi connectivity index (χ0n) is 10.1. The number of nitrogens with zero attached hydrogens (tertiary/aromatic N) is 2. The third-order valence-electron chi connectivity index (χ3n) is 2.43. The van der Waals surface area contributed by atoms with Crippen LogP contribution < -0.4 is 9.64 Å². The molecule has 0 radical (unpaired) electrons. The molecule has 1 rings (SSSR count). The van der Waals surface area contributed by atoms with E-state index in [1.807, 2.05) is 0 Å². The fraction of sp³-hybridized carbons (Fsp3) is 0.364. The Bertz CT molecular complexity index is 461. The molecule has 0 atom stereocenters. The highest BCUT2D eigenvalue weighted by Gasteiger charge is 2.24. The zero-order chi connectivity index (χ0) is 13.7. The summed E-state index contributed by atoms with van der Waals surface area (Å²) >= 11 is 0. The molecule has 1 aromatic rings. The second-order valence-corrected chi connectivity index (χ2v) is 3.49. The first-order chi connectivity index (χ1) is 8.51. The highest BCUT2D eigenvalue weighted by molar-refractivity contribution is 5.77. The van der Waals surface area contributed by atoms with Crippen molar-refractivity contribution < 1.29 is 19.6 Å². The molecule has 18 heavy (non-hydrogen) atoms. The van der Waals surface area contributed by atoms with Crippen molar-refractivity contribution in [1.82, 2.24) is 0 Å². The summed E-state index contributed by atoms with van der Waals surface area (Å²) < 4.78 is 4.93. The molecule has 0 saturated carbocycles. The molecule has 0 unspecified atom stereocenters. The van der Waals surface area contributed by atoms with E-state index in [2.05, 4.69) is 0 Å². The molecule has 0 amide bonds. The highest BCUT2D eigenvalue weighted by Crippen LogP contribution is 2.36. The molecule has 0 heterocycles. The van der Waals surface area contributed by atoms with Crippen molar-refractivity contribution in [3.8, 4) is 5.75 Å². The van der Waals surface area contributed by atoms with E-state index in [4.69, 9.17) is 9.84 Å². The maximum atomic E-state index is 11.1. The van der Waals surface area contributed by atoms with E-state index in [1.165, 1.54) is 24.1 Å². The number of nitro groups is 1. The molecule has 0 aromatic heterocycles. The first kappa shape index (κ1) is 13.8. The van der Waals surface area contributed by atoms with Crippen LogP contribution in [-0.2, 0) is 4.79 Å². The lowest BCUT2D eigenvalue weighted by Crippen LogP contribution is -2.29.